The number of nitrogens with zero attached hydrogens (tertiary/aromatic N) is 5. The van der Waals surface area contributed by atoms with E-state index in [2.05, 4.69) is 46.5 Å². The van der Waals surface area contributed by atoms with Crippen LogP contribution in [0, 0.1) is 0 Å². The second kappa shape index (κ2) is 5.81. The van der Waals surface area contributed by atoms with Gasteiger partial charge in [0.05, 0.1) is 19.7 Å². The number of ether oxygens (including phenoxy) is 1. The molecule has 21 heavy (non-hydrogen) atoms. The van der Waals surface area contributed by atoms with Crippen LogP contribution in [0.4, 0.5) is 0 Å². The van der Waals surface area contributed by atoms with E-state index in [4.69, 9.17) is 4.74 Å². The Hall–Kier alpha value is -1.95. The third kappa shape index (κ3) is 3.05. The molecule has 1 atom stereocenters. The smallest absolute Gasteiger partial charge is 0.165 e. The van der Waals surface area contributed by atoms with Crippen molar-refractivity contribution in [2.24, 2.45) is 0 Å². The van der Waals surface area contributed by atoms with Gasteiger partial charge in [0.2, 0.25) is 0 Å². The maximum absolute atomic E-state index is 5.20. The molecule has 0 amide bonds. The van der Waals surface area contributed by atoms with E-state index in [0.29, 0.717) is 12.1 Å². The molecule has 1 saturated carbocycles. The molecule has 1 aromatic heterocycles. The van der Waals surface area contributed by atoms with Gasteiger partial charge in [-0.1, -0.05) is 12.1 Å². The second-order valence-corrected chi connectivity index (χ2v) is 5.64. The maximum atomic E-state index is 5.20. The van der Waals surface area contributed by atoms with Gasteiger partial charge in [-0.3, -0.25) is 4.90 Å². The van der Waals surface area contributed by atoms with Crippen LogP contribution in [0.25, 0.3) is 0 Å². The van der Waals surface area contributed by atoms with Gasteiger partial charge in [0, 0.05) is 6.04 Å². The Balaban J connectivity index is 1.68. The van der Waals surface area contributed by atoms with E-state index < -0.39 is 0 Å². The number of benzene rings is 1. The summed E-state index contributed by atoms with van der Waals surface area (Å²) in [5, 5.41) is 12.1. The van der Waals surface area contributed by atoms with E-state index in [0.717, 1.165) is 18.1 Å². The van der Waals surface area contributed by atoms with E-state index in [1.165, 1.54) is 18.4 Å². The summed E-state index contributed by atoms with van der Waals surface area (Å²) in [6.45, 7) is 2.93. The Kier molecular flexibility index (Phi) is 3.88. The zero-order valence-corrected chi connectivity index (χ0v) is 12.7. The zero-order valence-electron chi connectivity index (χ0n) is 12.7. The van der Waals surface area contributed by atoms with Crippen molar-refractivity contribution >= 4 is 0 Å². The summed E-state index contributed by atoms with van der Waals surface area (Å²) in [6, 6.07) is 9.00. The van der Waals surface area contributed by atoms with Crippen LogP contribution in [0.3, 0.4) is 0 Å². The summed E-state index contributed by atoms with van der Waals surface area (Å²) in [7, 11) is 3.78. The molecule has 6 heteroatoms. The van der Waals surface area contributed by atoms with Gasteiger partial charge in [0.25, 0.3) is 0 Å². The largest absolute Gasteiger partial charge is 0.497 e. The van der Waals surface area contributed by atoms with E-state index in [9.17, 15) is 0 Å². The monoisotopic (exact) mass is 287 g/mol. The lowest BCUT2D eigenvalue weighted by atomic mass is 10.1. The van der Waals surface area contributed by atoms with Crippen molar-refractivity contribution in [1.29, 1.82) is 0 Å². The lowest BCUT2D eigenvalue weighted by molar-refractivity contribution is 0.241. The molecule has 0 radical (unpaired) electrons. The first-order chi connectivity index (χ1) is 10.2. The normalized spacial score (nSPS) is 16.2. The number of methoxy groups -OCH3 is 1. The van der Waals surface area contributed by atoms with Crippen molar-refractivity contribution in [2.45, 2.75) is 38.4 Å². The Morgan fingerprint density at radius 3 is 2.67 bits per heavy atom. The fourth-order valence-corrected chi connectivity index (χ4v) is 2.42. The SMILES string of the molecule is COc1ccc(C(C)N(C)Cc2nnnn2C2CC2)cc1. The van der Waals surface area contributed by atoms with Crippen LogP contribution in [-0.4, -0.2) is 39.3 Å². The minimum absolute atomic E-state index is 0.292. The third-order valence-electron chi connectivity index (χ3n) is 4.10. The second-order valence-electron chi connectivity index (χ2n) is 5.64. The Morgan fingerprint density at radius 1 is 1.33 bits per heavy atom. The number of tetrazole rings is 1. The molecule has 1 fully saturated rings. The number of hydrogen-bond donors (Lipinski definition) is 0. The minimum atomic E-state index is 0.292. The van der Waals surface area contributed by atoms with Crippen LogP contribution in [0.15, 0.2) is 24.3 Å². The topological polar surface area (TPSA) is 56.1 Å². The highest BCUT2D eigenvalue weighted by Gasteiger charge is 2.28. The van der Waals surface area contributed by atoms with Crippen molar-refractivity contribution < 1.29 is 4.74 Å². The molecule has 0 spiro atoms. The number of rotatable bonds is 6. The van der Waals surface area contributed by atoms with Gasteiger partial charge >= 0.3 is 0 Å². The fourth-order valence-electron chi connectivity index (χ4n) is 2.42. The van der Waals surface area contributed by atoms with Gasteiger partial charge in [0.15, 0.2) is 5.82 Å². The molecule has 1 heterocycles. The van der Waals surface area contributed by atoms with Crippen molar-refractivity contribution in [3.8, 4) is 5.75 Å². The summed E-state index contributed by atoms with van der Waals surface area (Å²) in [5.41, 5.74) is 1.25. The van der Waals surface area contributed by atoms with E-state index in [-0.39, 0.29) is 0 Å². The maximum Gasteiger partial charge on any atom is 0.165 e. The summed E-state index contributed by atoms with van der Waals surface area (Å²) in [6.07, 6.45) is 2.38. The van der Waals surface area contributed by atoms with Gasteiger partial charge in [0.1, 0.15) is 5.75 Å². The highest BCUT2D eigenvalue weighted by Crippen LogP contribution is 2.34. The highest BCUT2D eigenvalue weighted by atomic mass is 16.5. The van der Waals surface area contributed by atoms with E-state index in [1.54, 1.807) is 7.11 Å². The Bertz CT molecular complexity index is 590. The Morgan fingerprint density at radius 2 is 2.05 bits per heavy atom. The quantitative estimate of drug-likeness (QED) is 0.815. The van der Waals surface area contributed by atoms with Crippen LogP contribution in [0.1, 0.15) is 43.2 Å². The molecule has 3 rings (SSSR count). The summed E-state index contributed by atoms with van der Waals surface area (Å²) in [4.78, 5) is 2.26. The van der Waals surface area contributed by atoms with Gasteiger partial charge in [-0.15, -0.1) is 5.10 Å². The lowest BCUT2D eigenvalue weighted by Gasteiger charge is -2.24. The fraction of sp³-hybridized carbons (Fsp3) is 0.533. The number of aromatic nitrogens is 4. The molecule has 0 N–H and O–H groups in total. The number of hydrogen-bond acceptors (Lipinski definition) is 5. The molecule has 1 aliphatic carbocycles. The summed E-state index contributed by atoms with van der Waals surface area (Å²) in [5.74, 6) is 1.83. The van der Waals surface area contributed by atoms with E-state index in [1.807, 2.05) is 16.8 Å². The van der Waals surface area contributed by atoms with Crippen LogP contribution >= 0.6 is 0 Å². The summed E-state index contributed by atoms with van der Waals surface area (Å²) >= 11 is 0. The molecule has 0 saturated heterocycles. The minimum Gasteiger partial charge on any atom is -0.497 e. The van der Waals surface area contributed by atoms with Gasteiger partial charge in [-0.2, -0.15) is 0 Å². The molecule has 0 bridgehead atoms. The first-order valence-corrected chi connectivity index (χ1v) is 7.30. The van der Waals surface area contributed by atoms with E-state index >= 15 is 0 Å². The first-order valence-electron chi connectivity index (χ1n) is 7.30. The average molecular weight is 287 g/mol. The first kappa shape index (κ1) is 14.0. The third-order valence-corrected chi connectivity index (χ3v) is 4.10. The molecule has 1 aliphatic rings. The van der Waals surface area contributed by atoms with Crippen molar-refractivity contribution in [3.63, 3.8) is 0 Å². The van der Waals surface area contributed by atoms with Crippen LogP contribution in [0.2, 0.25) is 0 Å². The molecule has 1 aromatic carbocycles. The molecule has 1 unspecified atom stereocenters. The van der Waals surface area contributed by atoms with Crippen molar-refractivity contribution in [3.05, 3.63) is 35.7 Å². The predicted octanol–water partition coefficient (Wildman–Crippen LogP) is 2.21. The zero-order chi connectivity index (χ0) is 14.8. The molecular weight excluding hydrogens is 266 g/mol. The van der Waals surface area contributed by atoms with Gasteiger partial charge in [-0.05, 0) is 54.9 Å². The van der Waals surface area contributed by atoms with Crippen molar-refractivity contribution in [2.75, 3.05) is 14.2 Å². The molecule has 112 valence electrons. The van der Waals surface area contributed by atoms with Gasteiger partial charge < -0.3 is 4.74 Å². The van der Waals surface area contributed by atoms with Crippen LogP contribution < -0.4 is 4.74 Å². The average Bonchev–Trinajstić information content (AvgIpc) is 3.26. The molecule has 2 aromatic rings. The van der Waals surface area contributed by atoms with Gasteiger partial charge in [-0.25, -0.2) is 4.68 Å². The molecular formula is C15H21N5O. The van der Waals surface area contributed by atoms with Crippen molar-refractivity contribution in [1.82, 2.24) is 25.1 Å². The van der Waals surface area contributed by atoms with Crippen LogP contribution in [-0.2, 0) is 6.54 Å². The summed E-state index contributed by atoms with van der Waals surface area (Å²) < 4.78 is 7.17. The molecule has 0 aliphatic heterocycles. The molecule has 6 nitrogen and oxygen atoms in total. The highest BCUT2D eigenvalue weighted by molar-refractivity contribution is 5.28. The predicted molar refractivity (Wildman–Crippen MR) is 79.0 cm³/mol. The van der Waals surface area contributed by atoms with Crippen LogP contribution in [0.5, 0.6) is 5.75 Å². The Labute approximate surface area is 124 Å². The standard InChI is InChI=1S/C15H21N5O/c1-11(12-4-8-14(21-3)9-5-12)19(2)10-15-16-17-18-20(15)13-6-7-13/h4-5,8-9,11,13H,6-7,10H2,1-3H3. The lowest BCUT2D eigenvalue weighted by Crippen LogP contribution is -2.24.